The lowest BCUT2D eigenvalue weighted by Crippen LogP contribution is -2.61. The molecule has 0 aliphatic carbocycles. The van der Waals surface area contributed by atoms with Crippen LogP contribution in [0.25, 0.3) is 0 Å². The van der Waals surface area contributed by atoms with Gasteiger partial charge in [-0.1, -0.05) is 144 Å². The molecule has 0 spiro atoms. The number of carbonyl (C=O) groups is 5. The summed E-state index contributed by atoms with van der Waals surface area (Å²) in [6, 6.07) is 19.0. The van der Waals surface area contributed by atoms with Gasteiger partial charge in [-0.3, -0.25) is 14.4 Å². The Morgan fingerprint density at radius 1 is 0.587 bits per heavy atom. The average molecular weight is 1050 g/mol. The van der Waals surface area contributed by atoms with Crippen LogP contribution in [0.5, 0.6) is 0 Å². The molecular weight excluding hydrogens is 949 g/mol. The van der Waals surface area contributed by atoms with Crippen LogP contribution in [0.15, 0.2) is 60.7 Å². The fourth-order valence-corrected chi connectivity index (χ4v) is 11.8. The van der Waals surface area contributed by atoms with Crippen molar-refractivity contribution in [2.75, 3.05) is 13.1 Å². The van der Waals surface area contributed by atoms with E-state index in [2.05, 4.69) is 65.8 Å². The van der Waals surface area contributed by atoms with E-state index in [0.717, 1.165) is 64.2 Å². The van der Waals surface area contributed by atoms with Gasteiger partial charge in [-0.25, -0.2) is 9.59 Å². The fraction of sp³-hybridized carbons (Fsp3) is 0.726. The number of hydrogen-bond acceptors (Lipinski definition) is 11. The van der Waals surface area contributed by atoms with Crippen molar-refractivity contribution in [1.82, 2.24) is 9.80 Å². The molecule has 4 aliphatic rings. The predicted octanol–water partition coefficient (Wildman–Crippen LogP) is 10.7. The molecule has 0 aromatic heterocycles. The van der Waals surface area contributed by atoms with E-state index in [1.807, 2.05) is 71.0 Å². The first-order valence-corrected chi connectivity index (χ1v) is 29.0. The summed E-state index contributed by atoms with van der Waals surface area (Å²) in [4.78, 5) is 70.6. The van der Waals surface area contributed by atoms with Crippen molar-refractivity contribution in [2.24, 2.45) is 47.3 Å². The molecule has 12 atom stereocenters. The van der Waals surface area contributed by atoms with Crippen LogP contribution in [-0.2, 0) is 55.8 Å². The van der Waals surface area contributed by atoms with E-state index in [1.54, 1.807) is 11.8 Å². The van der Waals surface area contributed by atoms with Crippen molar-refractivity contribution in [1.29, 1.82) is 0 Å². The van der Waals surface area contributed by atoms with Gasteiger partial charge in [-0.15, -0.1) is 0 Å². The Morgan fingerprint density at radius 3 is 1.45 bits per heavy atom. The summed E-state index contributed by atoms with van der Waals surface area (Å²) in [6.07, 6.45) is 9.53. The molecule has 0 radical (unpaired) electrons. The summed E-state index contributed by atoms with van der Waals surface area (Å²) in [6.45, 7) is 25.1. The van der Waals surface area contributed by atoms with Crippen LogP contribution < -0.4 is 0 Å². The fourth-order valence-electron chi connectivity index (χ4n) is 11.8. The van der Waals surface area contributed by atoms with Crippen molar-refractivity contribution in [3.8, 4) is 0 Å². The molecule has 13 nitrogen and oxygen atoms in total. The Balaban J connectivity index is 0.000000277. The maximum atomic E-state index is 13.6. The minimum absolute atomic E-state index is 0.0708. The van der Waals surface area contributed by atoms with Crippen LogP contribution >= 0.6 is 0 Å². The van der Waals surface area contributed by atoms with Gasteiger partial charge in [0.15, 0.2) is 5.79 Å². The number of ketones is 1. The predicted molar refractivity (Wildman–Crippen MR) is 292 cm³/mol. The lowest BCUT2D eigenvalue weighted by molar-refractivity contribution is -0.287. The zero-order valence-corrected chi connectivity index (χ0v) is 47.8. The summed E-state index contributed by atoms with van der Waals surface area (Å²) in [5.41, 5.74) is 2.43. The van der Waals surface area contributed by atoms with E-state index in [9.17, 15) is 34.2 Å². The van der Waals surface area contributed by atoms with Gasteiger partial charge in [0, 0.05) is 24.9 Å². The lowest BCUT2D eigenvalue weighted by Gasteiger charge is -2.44. The standard InChI is InChI=1S/C31H47NO6.C31H49NO5/c1-7-24(19-23-13-9-8-10-14-23)27(21(4)5)37-30(35)25-15-11-12-18-32(25)29(34)28(33)31(36)22(6)16-17-26(38-31)20(2)3;1-7-25(19-24-13-9-8-10-14-24)29(22(4)5)36-30(34)26-15-11-12-18-32(26)28(33)20-31(35)23(6)16-17-27(37-31)21(2)3/h8-10,13-14,20-22,24-27,36H,7,11-12,15-19H2,1-6H3;8-10,13-14,21-23,25-27,29,35H,7,11-12,15-20H2,1-6H3/t22-,24-,25+,26?,27+,31-;23-,25-,26+,27?,29+,31+/m11/s1. The average Bonchev–Trinajstić information content (AvgIpc) is 3.39. The maximum Gasteiger partial charge on any atom is 0.329 e. The van der Waals surface area contributed by atoms with Gasteiger partial charge >= 0.3 is 11.9 Å². The molecule has 4 heterocycles. The number of rotatable bonds is 20. The second-order valence-electron chi connectivity index (χ2n) is 23.9. The third kappa shape index (κ3) is 16.2. The third-order valence-electron chi connectivity index (χ3n) is 16.9. The highest BCUT2D eigenvalue weighted by atomic mass is 16.6. The number of benzene rings is 2. The van der Waals surface area contributed by atoms with E-state index in [1.165, 1.54) is 16.0 Å². The topological polar surface area (TPSA) is 169 Å². The van der Waals surface area contributed by atoms with Crippen LogP contribution in [0.3, 0.4) is 0 Å². The van der Waals surface area contributed by atoms with Gasteiger partial charge in [-0.05, 0) is 137 Å². The van der Waals surface area contributed by atoms with E-state index >= 15 is 0 Å². The van der Waals surface area contributed by atoms with Gasteiger partial charge in [-0.2, -0.15) is 0 Å². The quantitative estimate of drug-likeness (QED) is 0.0956. The molecular formula is C62H96N2O11. The van der Waals surface area contributed by atoms with Crippen molar-refractivity contribution in [3.05, 3.63) is 71.8 Å². The minimum atomic E-state index is -2.18. The second-order valence-corrected chi connectivity index (χ2v) is 23.9. The normalized spacial score (nSPS) is 28.0. The summed E-state index contributed by atoms with van der Waals surface area (Å²) in [5, 5.41) is 22.6. The molecule has 0 bridgehead atoms. The number of likely N-dealkylation sites (tertiary alicyclic amines) is 2. The summed E-state index contributed by atoms with van der Waals surface area (Å²) >= 11 is 0. The Hall–Kier alpha value is -4.17. The number of ether oxygens (including phenoxy) is 4. The van der Waals surface area contributed by atoms with Crippen molar-refractivity contribution in [2.45, 2.75) is 227 Å². The second kappa shape index (κ2) is 28.5. The van der Waals surface area contributed by atoms with Crippen molar-refractivity contribution >= 4 is 29.5 Å². The van der Waals surface area contributed by atoms with Crippen LogP contribution in [-0.4, -0.2) is 111 Å². The number of amides is 2. The van der Waals surface area contributed by atoms with Crippen LogP contribution in [0.1, 0.15) is 178 Å². The largest absolute Gasteiger partial charge is 0.460 e. The number of nitrogens with zero attached hydrogens (tertiary/aromatic N) is 2. The molecule has 420 valence electrons. The molecule has 2 aromatic carbocycles. The molecule has 13 heteroatoms. The molecule has 6 rings (SSSR count). The molecule has 4 fully saturated rings. The highest BCUT2D eigenvalue weighted by Gasteiger charge is 2.53. The molecule has 2 unspecified atom stereocenters. The molecule has 4 saturated heterocycles. The first-order chi connectivity index (χ1) is 35.5. The highest BCUT2D eigenvalue weighted by molar-refractivity contribution is 6.39. The van der Waals surface area contributed by atoms with E-state index in [4.69, 9.17) is 18.9 Å². The van der Waals surface area contributed by atoms with Gasteiger partial charge < -0.3 is 39.0 Å². The number of aliphatic hydroxyl groups is 2. The summed E-state index contributed by atoms with van der Waals surface area (Å²) < 4.78 is 24.3. The Labute approximate surface area is 450 Å². The van der Waals surface area contributed by atoms with Crippen LogP contribution in [0.2, 0.25) is 0 Å². The van der Waals surface area contributed by atoms with E-state index in [0.29, 0.717) is 32.2 Å². The van der Waals surface area contributed by atoms with Gasteiger partial charge in [0.25, 0.3) is 11.7 Å². The van der Waals surface area contributed by atoms with Crippen LogP contribution in [0, 0.1) is 47.3 Å². The third-order valence-corrected chi connectivity index (χ3v) is 16.9. The highest BCUT2D eigenvalue weighted by Crippen LogP contribution is 2.39. The number of carbonyl (C=O) groups excluding carboxylic acids is 5. The SMILES string of the molecule is CC[C@H](Cc1ccccc1)[C@@H](OC(=O)[C@@H]1CCCCN1C(=O)C(=O)[C@]1(O)OC(C(C)C)CC[C@H]1C)C(C)C.CC[C@H](Cc1ccccc1)[C@@H](OC(=O)[C@@H]1CCCCN1C(=O)C[C@]1(O)OC(C(C)C)CC[C@H]1C)C(C)C. The smallest absolute Gasteiger partial charge is 0.329 e. The number of esters is 2. The molecule has 2 aromatic rings. The van der Waals surface area contributed by atoms with E-state index < -0.39 is 47.2 Å². The molecule has 2 N–H and O–H groups in total. The Kier molecular flexibility index (Phi) is 23.4. The zero-order valence-electron chi connectivity index (χ0n) is 47.8. The van der Waals surface area contributed by atoms with Crippen LogP contribution in [0.4, 0.5) is 0 Å². The van der Waals surface area contributed by atoms with Crippen molar-refractivity contribution < 1.29 is 53.1 Å². The van der Waals surface area contributed by atoms with E-state index in [-0.39, 0.29) is 90.7 Å². The first-order valence-electron chi connectivity index (χ1n) is 29.0. The Bertz CT molecular complexity index is 2120. The Morgan fingerprint density at radius 2 is 1.01 bits per heavy atom. The minimum Gasteiger partial charge on any atom is -0.460 e. The van der Waals surface area contributed by atoms with Gasteiger partial charge in [0.1, 0.15) is 24.3 Å². The summed E-state index contributed by atoms with van der Waals surface area (Å²) in [7, 11) is 0. The first kappa shape index (κ1) is 61.7. The molecule has 0 saturated carbocycles. The molecule has 2 amide bonds. The lowest BCUT2D eigenvalue weighted by atomic mass is 9.84. The maximum absolute atomic E-state index is 13.6. The zero-order chi connectivity index (χ0) is 55.2. The molecule has 75 heavy (non-hydrogen) atoms. The number of Topliss-reactive ketones (excluding diaryl/α,β-unsaturated/α-hetero) is 1. The number of hydrogen-bond donors (Lipinski definition) is 2. The summed E-state index contributed by atoms with van der Waals surface area (Å²) in [5.74, 6) is -6.25. The van der Waals surface area contributed by atoms with Gasteiger partial charge in [0.05, 0.1) is 18.6 Å². The molecule has 4 aliphatic heterocycles. The monoisotopic (exact) mass is 1040 g/mol. The van der Waals surface area contributed by atoms with Gasteiger partial charge in [0.2, 0.25) is 11.7 Å². The number of piperidine rings is 2. The van der Waals surface area contributed by atoms with Crippen molar-refractivity contribution in [3.63, 3.8) is 0 Å².